The summed E-state index contributed by atoms with van der Waals surface area (Å²) in [5, 5.41) is 11.7. The maximum Gasteiger partial charge on any atom is 0.0838 e. The van der Waals surface area contributed by atoms with Gasteiger partial charge in [0.15, 0.2) is 0 Å². The molecule has 4 rings (SSSR count). The van der Waals surface area contributed by atoms with Crippen LogP contribution in [0, 0.1) is 29.6 Å². The Bertz CT molecular complexity index is 485. The van der Waals surface area contributed by atoms with Gasteiger partial charge in [0.25, 0.3) is 0 Å². The van der Waals surface area contributed by atoms with Crippen molar-refractivity contribution >= 4 is 23.2 Å². The highest BCUT2D eigenvalue weighted by Gasteiger charge is 2.66. The third kappa shape index (κ3) is 1.44. The standard InChI is InChI=1S/C15H16Cl2O/c16-10-3-1-2-9(14(10)17)15(18)13-11-7-4-5-8(6-7)12(11)13/h1-3,7-8,11-13,15,18H,4-6H2. The van der Waals surface area contributed by atoms with Gasteiger partial charge in [-0.3, -0.25) is 0 Å². The quantitative estimate of drug-likeness (QED) is 0.857. The van der Waals surface area contributed by atoms with Crippen molar-refractivity contribution in [3.8, 4) is 0 Å². The van der Waals surface area contributed by atoms with Crippen LogP contribution < -0.4 is 0 Å². The van der Waals surface area contributed by atoms with Gasteiger partial charge in [-0.1, -0.05) is 35.3 Å². The first-order valence-electron chi connectivity index (χ1n) is 6.80. The monoisotopic (exact) mass is 282 g/mol. The molecule has 1 N–H and O–H groups in total. The number of halogens is 2. The number of aliphatic hydroxyl groups is 1. The van der Waals surface area contributed by atoms with Gasteiger partial charge in [0.05, 0.1) is 16.1 Å². The zero-order valence-corrected chi connectivity index (χ0v) is 11.5. The molecule has 1 aromatic rings. The molecule has 3 heteroatoms. The van der Waals surface area contributed by atoms with Crippen molar-refractivity contribution in [2.24, 2.45) is 29.6 Å². The summed E-state index contributed by atoms with van der Waals surface area (Å²) in [6.07, 6.45) is 3.73. The van der Waals surface area contributed by atoms with Crippen LogP contribution in [0.3, 0.4) is 0 Å². The molecule has 0 saturated heterocycles. The van der Waals surface area contributed by atoms with Crippen LogP contribution in [0.4, 0.5) is 0 Å². The third-order valence-electron chi connectivity index (χ3n) is 5.46. The molecule has 0 heterocycles. The zero-order chi connectivity index (χ0) is 12.4. The Morgan fingerprint density at radius 3 is 2.44 bits per heavy atom. The lowest BCUT2D eigenvalue weighted by Gasteiger charge is -2.17. The highest BCUT2D eigenvalue weighted by Crippen LogP contribution is 2.72. The second-order valence-corrected chi connectivity index (χ2v) is 6.94. The van der Waals surface area contributed by atoms with Crippen LogP contribution in [0.25, 0.3) is 0 Å². The number of benzene rings is 1. The molecule has 0 amide bonds. The second-order valence-electron chi connectivity index (χ2n) is 6.15. The van der Waals surface area contributed by atoms with Gasteiger partial charge in [0.2, 0.25) is 0 Å². The van der Waals surface area contributed by atoms with Crippen molar-refractivity contribution in [1.29, 1.82) is 0 Å². The van der Waals surface area contributed by atoms with Gasteiger partial charge in [-0.25, -0.2) is 0 Å². The molecule has 5 unspecified atom stereocenters. The van der Waals surface area contributed by atoms with Crippen LogP contribution >= 0.6 is 23.2 Å². The minimum atomic E-state index is -0.422. The van der Waals surface area contributed by atoms with Crippen molar-refractivity contribution < 1.29 is 5.11 Å². The van der Waals surface area contributed by atoms with Gasteiger partial charge in [0.1, 0.15) is 0 Å². The van der Waals surface area contributed by atoms with Crippen LogP contribution in [0.5, 0.6) is 0 Å². The lowest BCUT2D eigenvalue weighted by Crippen LogP contribution is -2.09. The molecule has 18 heavy (non-hydrogen) atoms. The average Bonchev–Trinajstić information content (AvgIpc) is 2.80. The Morgan fingerprint density at radius 2 is 1.78 bits per heavy atom. The lowest BCUT2D eigenvalue weighted by atomic mass is 9.95. The Morgan fingerprint density at radius 1 is 1.11 bits per heavy atom. The first-order chi connectivity index (χ1) is 8.68. The number of fused-ring (bicyclic) bond motifs is 5. The van der Waals surface area contributed by atoms with Crippen molar-refractivity contribution in [3.63, 3.8) is 0 Å². The highest BCUT2D eigenvalue weighted by molar-refractivity contribution is 6.42. The molecule has 0 aromatic heterocycles. The normalized spacial score (nSPS) is 41.8. The van der Waals surface area contributed by atoms with Gasteiger partial charge in [0, 0.05) is 5.56 Å². The topological polar surface area (TPSA) is 20.2 Å². The maximum atomic E-state index is 10.6. The van der Waals surface area contributed by atoms with Gasteiger partial charge in [-0.2, -0.15) is 0 Å². The fourth-order valence-electron chi connectivity index (χ4n) is 4.77. The Balaban J connectivity index is 1.62. The molecule has 3 saturated carbocycles. The Kier molecular flexibility index (Phi) is 2.49. The van der Waals surface area contributed by atoms with E-state index in [4.69, 9.17) is 23.2 Å². The molecule has 1 aromatic carbocycles. The average molecular weight is 283 g/mol. The maximum absolute atomic E-state index is 10.6. The molecule has 3 aliphatic carbocycles. The molecule has 1 nitrogen and oxygen atoms in total. The SMILES string of the molecule is OC(c1cccc(Cl)c1Cl)C1C2C3CCC(C3)C21. The summed E-state index contributed by atoms with van der Waals surface area (Å²) in [5.74, 6) is 3.70. The van der Waals surface area contributed by atoms with Crippen molar-refractivity contribution in [2.75, 3.05) is 0 Å². The molecule has 3 fully saturated rings. The molecule has 0 spiro atoms. The number of rotatable bonds is 2. The van der Waals surface area contributed by atoms with E-state index in [-0.39, 0.29) is 0 Å². The minimum Gasteiger partial charge on any atom is -0.388 e. The number of aliphatic hydroxyl groups excluding tert-OH is 1. The fraction of sp³-hybridized carbons (Fsp3) is 0.600. The van der Waals surface area contributed by atoms with E-state index < -0.39 is 6.10 Å². The molecule has 3 aliphatic rings. The summed E-state index contributed by atoms with van der Waals surface area (Å²) < 4.78 is 0. The molecule has 96 valence electrons. The van der Waals surface area contributed by atoms with Gasteiger partial charge in [-0.05, 0) is 54.9 Å². The lowest BCUT2D eigenvalue weighted by molar-refractivity contribution is 0.130. The van der Waals surface area contributed by atoms with Crippen LogP contribution in [-0.4, -0.2) is 5.11 Å². The summed E-state index contributed by atoms with van der Waals surface area (Å²) in [7, 11) is 0. The molecular weight excluding hydrogens is 267 g/mol. The molecular formula is C15H16Cl2O. The summed E-state index contributed by atoms with van der Waals surface area (Å²) in [5.41, 5.74) is 0.822. The van der Waals surface area contributed by atoms with E-state index in [0.29, 0.717) is 16.0 Å². The van der Waals surface area contributed by atoms with E-state index in [0.717, 1.165) is 29.2 Å². The largest absolute Gasteiger partial charge is 0.388 e. The van der Waals surface area contributed by atoms with Crippen LogP contribution in [0.1, 0.15) is 30.9 Å². The van der Waals surface area contributed by atoms with E-state index in [1.165, 1.54) is 19.3 Å². The van der Waals surface area contributed by atoms with Crippen molar-refractivity contribution in [1.82, 2.24) is 0 Å². The number of hydrogen-bond acceptors (Lipinski definition) is 1. The van der Waals surface area contributed by atoms with Gasteiger partial charge >= 0.3 is 0 Å². The first kappa shape index (κ1) is 11.6. The predicted molar refractivity (Wildman–Crippen MR) is 72.7 cm³/mol. The predicted octanol–water partition coefficient (Wildman–Crippen LogP) is 4.32. The van der Waals surface area contributed by atoms with Crippen molar-refractivity contribution in [3.05, 3.63) is 33.8 Å². The molecule has 0 aliphatic heterocycles. The highest BCUT2D eigenvalue weighted by atomic mass is 35.5. The molecule has 0 radical (unpaired) electrons. The minimum absolute atomic E-state index is 0.422. The van der Waals surface area contributed by atoms with Gasteiger partial charge < -0.3 is 5.11 Å². The van der Waals surface area contributed by atoms with E-state index in [1.807, 2.05) is 12.1 Å². The van der Waals surface area contributed by atoms with E-state index >= 15 is 0 Å². The summed E-state index contributed by atoms with van der Waals surface area (Å²) in [6, 6.07) is 5.56. The third-order valence-corrected chi connectivity index (χ3v) is 6.29. The van der Waals surface area contributed by atoms with Crippen LogP contribution in [-0.2, 0) is 0 Å². The van der Waals surface area contributed by atoms with E-state index in [1.54, 1.807) is 6.07 Å². The second kappa shape index (κ2) is 3.88. The Hall–Kier alpha value is -0.240. The van der Waals surface area contributed by atoms with Crippen molar-refractivity contribution in [2.45, 2.75) is 25.4 Å². The smallest absolute Gasteiger partial charge is 0.0838 e. The zero-order valence-electron chi connectivity index (χ0n) is 10.0. The summed E-state index contributed by atoms with van der Waals surface area (Å²) in [6.45, 7) is 0. The van der Waals surface area contributed by atoms with Crippen LogP contribution in [0.2, 0.25) is 10.0 Å². The summed E-state index contributed by atoms with van der Waals surface area (Å²) in [4.78, 5) is 0. The van der Waals surface area contributed by atoms with Crippen LogP contribution in [0.15, 0.2) is 18.2 Å². The van der Waals surface area contributed by atoms with E-state index in [9.17, 15) is 5.11 Å². The Labute approximate surface area is 117 Å². The fourth-order valence-corrected chi connectivity index (χ4v) is 5.19. The number of hydrogen-bond donors (Lipinski definition) is 1. The molecule has 5 atom stereocenters. The van der Waals surface area contributed by atoms with Gasteiger partial charge in [-0.15, -0.1) is 0 Å². The molecule has 2 bridgehead atoms. The van der Waals surface area contributed by atoms with E-state index in [2.05, 4.69) is 0 Å². The first-order valence-corrected chi connectivity index (χ1v) is 7.56. The summed E-state index contributed by atoms with van der Waals surface area (Å²) >= 11 is 12.2.